The molecule has 0 atom stereocenters. The zero-order chi connectivity index (χ0) is 6.08. The summed E-state index contributed by atoms with van der Waals surface area (Å²) in [6, 6.07) is 0. The summed E-state index contributed by atoms with van der Waals surface area (Å²) in [5.74, 6) is -1.70. The summed E-state index contributed by atoms with van der Waals surface area (Å²) >= 11 is 0. The number of hydrogen-bond acceptors (Lipinski definition) is 0. The molecule has 3 heteroatoms. The average molecular weight is 110 g/mol. The molecule has 0 aliphatic rings. The van der Waals surface area contributed by atoms with Gasteiger partial charge in [0.25, 0.3) is 0 Å². The third-order valence-corrected chi connectivity index (χ3v) is 0.463. The molecule has 0 aliphatic heterocycles. The number of halogens is 3. The Labute approximate surface area is 40.3 Å². The van der Waals surface area contributed by atoms with Crippen LogP contribution < -0.4 is 0 Å². The van der Waals surface area contributed by atoms with E-state index in [4.69, 9.17) is 0 Å². The molecule has 0 unspecified atom stereocenters. The van der Waals surface area contributed by atoms with Gasteiger partial charge in [0, 0.05) is 0 Å². The molecule has 0 spiro atoms. The van der Waals surface area contributed by atoms with Gasteiger partial charge >= 0.3 is 6.18 Å². The summed E-state index contributed by atoms with van der Waals surface area (Å²) in [6.45, 7) is 5.35. The van der Waals surface area contributed by atoms with Crippen LogP contribution in [0.25, 0.3) is 0 Å². The summed E-state index contributed by atoms with van der Waals surface area (Å²) in [5.41, 5.74) is 0. The molecule has 0 saturated carbocycles. The standard InChI is InChI=1S/C4H5F3/c1-3(2)4(5,6)7/h3H,1-2H2. The van der Waals surface area contributed by atoms with E-state index in [9.17, 15) is 13.2 Å². The molecule has 2 radical (unpaired) electrons. The molecule has 0 aliphatic carbocycles. The lowest BCUT2D eigenvalue weighted by atomic mass is 10.2. The van der Waals surface area contributed by atoms with Gasteiger partial charge in [0.05, 0.1) is 5.92 Å². The van der Waals surface area contributed by atoms with Crippen LogP contribution in [0.2, 0.25) is 0 Å². The van der Waals surface area contributed by atoms with Crippen molar-refractivity contribution in [3.63, 3.8) is 0 Å². The molecule has 0 rings (SSSR count). The molecule has 0 aromatic carbocycles. The highest BCUT2D eigenvalue weighted by atomic mass is 19.4. The first-order valence-electron chi connectivity index (χ1n) is 1.67. The predicted molar refractivity (Wildman–Crippen MR) is 20.3 cm³/mol. The van der Waals surface area contributed by atoms with Crippen LogP contribution in [0.1, 0.15) is 0 Å². The number of hydrogen-bond donors (Lipinski definition) is 0. The molecule has 0 fully saturated rings. The topological polar surface area (TPSA) is 0 Å². The third kappa shape index (κ3) is 2.48. The van der Waals surface area contributed by atoms with Gasteiger partial charge in [-0.05, 0) is 13.8 Å². The first kappa shape index (κ1) is 6.79. The second kappa shape index (κ2) is 1.72. The van der Waals surface area contributed by atoms with Gasteiger partial charge in [-0.3, -0.25) is 0 Å². The quantitative estimate of drug-likeness (QED) is 0.446. The molecule has 0 amide bonds. The van der Waals surface area contributed by atoms with Crippen LogP contribution >= 0.6 is 0 Å². The highest BCUT2D eigenvalue weighted by Gasteiger charge is 2.31. The van der Waals surface area contributed by atoms with E-state index in [1.165, 1.54) is 0 Å². The number of alkyl halides is 3. The maximum absolute atomic E-state index is 11.1. The van der Waals surface area contributed by atoms with Crippen molar-refractivity contribution in [1.82, 2.24) is 0 Å². The lowest BCUT2D eigenvalue weighted by Gasteiger charge is -2.07. The Balaban J connectivity index is 3.54. The maximum Gasteiger partial charge on any atom is 0.391 e. The van der Waals surface area contributed by atoms with E-state index in [1.807, 2.05) is 0 Å². The molecule has 7 heavy (non-hydrogen) atoms. The van der Waals surface area contributed by atoms with E-state index >= 15 is 0 Å². The first-order chi connectivity index (χ1) is 2.94. The monoisotopic (exact) mass is 110 g/mol. The maximum atomic E-state index is 11.1. The lowest BCUT2D eigenvalue weighted by molar-refractivity contribution is -0.150. The zero-order valence-corrected chi connectivity index (χ0v) is 3.63. The smallest absolute Gasteiger partial charge is 0.171 e. The normalized spacial score (nSPS) is 12.9. The SMILES string of the molecule is [CH2]C([CH2])C(F)(F)F. The van der Waals surface area contributed by atoms with Crippen molar-refractivity contribution < 1.29 is 13.2 Å². The van der Waals surface area contributed by atoms with Crippen molar-refractivity contribution in [2.45, 2.75) is 6.18 Å². The van der Waals surface area contributed by atoms with Crippen molar-refractivity contribution in [2.24, 2.45) is 5.92 Å². The Hall–Kier alpha value is -0.210. The largest absolute Gasteiger partial charge is 0.391 e. The Morgan fingerprint density at radius 1 is 1.14 bits per heavy atom. The van der Waals surface area contributed by atoms with Crippen LogP contribution in [0.5, 0.6) is 0 Å². The fourth-order valence-corrected chi connectivity index (χ4v) is 0. The van der Waals surface area contributed by atoms with E-state index in [2.05, 4.69) is 13.8 Å². The molecule has 0 N–H and O–H groups in total. The molecule has 0 bridgehead atoms. The van der Waals surface area contributed by atoms with Crippen LogP contribution in [-0.4, -0.2) is 6.18 Å². The van der Waals surface area contributed by atoms with E-state index in [1.54, 1.807) is 0 Å². The zero-order valence-electron chi connectivity index (χ0n) is 3.63. The summed E-state index contributed by atoms with van der Waals surface area (Å²) in [6.07, 6.45) is -4.22. The van der Waals surface area contributed by atoms with Crippen LogP contribution in [0.3, 0.4) is 0 Å². The summed E-state index contributed by atoms with van der Waals surface area (Å²) < 4.78 is 33.2. The Kier molecular flexibility index (Phi) is 1.67. The molecule has 42 valence electrons. The van der Waals surface area contributed by atoms with Gasteiger partial charge in [-0.2, -0.15) is 13.2 Å². The summed E-state index contributed by atoms with van der Waals surface area (Å²) in [4.78, 5) is 0. The minimum absolute atomic E-state index is 1.70. The van der Waals surface area contributed by atoms with Crippen molar-refractivity contribution in [2.75, 3.05) is 0 Å². The predicted octanol–water partition coefficient (Wildman–Crippen LogP) is 1.83. The molecule has 0 heterocycles. The fraction of sp³-hybridized carbons (Fsp3) is 0.500. The Bertz CT molecular complexity index is 52.4. The van der Waals surface area contributed by atoms with Crippen molar-refractivity contribution in [3.8, 4) is 0 Å². The van der Waals surface area contributed by atoms with Crippen molar-refractivity contribution in [1.29, 1.82) is 0 Å². The van der Waals surface area contributed by atoms with Crippen molar-refractivity contribution in [3.05, 3.63) is 13.8 Å². The minimum atomic E-state index is -4.22. The van der Waals surface area contributed by atoms with Crippen LogP contribution in [0.15, 0.2) is 0 Å². The van der Waals surface area contributed by atoms with E-state index < -0.39 is 12.1 Å². The molecular formula is C4H5F3. The van der Waals surface area contributed by atoms with Crippen LogP contribution in [0, 0.1) is 19.8 Å². The van der Waals surface area contributed by atoms with Gasteiger partial charge in [0.2, 0.25) is 0 Å². The highest BCUT2D eigenvalue weighted by Crippen LogP contribution is 2.23. The third-order valence-electron chi connectivity index (χ3n) is 0.463. The molecule has 0 saturated heterocycles. The Morgan fingerprint density at radius 2 is 1.29 bits per heavy atom. The van der Waals surface area contributed by atoms with Gasteiger partial charge in [0.15, 0.2) is 0 Å². The molecular weight excluding hydrogens is 105 g/mol. The second-order valence-corrected chi connectivity index (χ2v) is 1.24. The molecule has 0 aromatic rings. The average Bonchev–Trinajstić information content (AvgIpc) is 1.31. The molecule has 0 nitrogen and oxygen atoms in total. The van der Waals surface area contributed by atoms with E-state index in [0.29, 0.717) is 0 Å². The minimum Gasteiger partial charge on any atom is -0.171 e. The van der Waals surface area contributed by atoms with Gasteiger partial charge in [-0.15, -0.1) is 0 Å². The van der Waals surface area contributed by atoms with Crippen LogP contribution in [0.4, 0.5) is 13.2 Å². The fourth-order valence-electron chi connectivity index (χ4n) is 0. The van der Waals surface area contributed by atoms with E-state index in [0.717, 1.165) is 0 Å². The van der Waals surface area contributed by atoms with Crippen LogP contribution in [-0.2, 0) is 0 Å². The van der Waals surface area contributed by atoms with Gasteiger partial charge < -0.3 is 0 Å². The number of rotatable bonds is 0. The van der Waals surface area contributed by atoms with Gasteiger partial charge in [-0.25, -0.2) is 0 Å². The second-order valence-electron chi connectivity index (χ2n) is 1.24. The highest BCUT2D eigenvalue weighted by molar-refractivity contribution is 4.70. The van der Waals surface area contributed by atoms with Gasteiger partial charge in [-0.1, -0.05) is 0 Å². The molecule has 0 aromatic heterocycles. The Morgan fingerprint density at radius 3 is 1.29 bits per heavy atom. The lowest BCUT2D eigenvalue weighted by Crippen LogP contribution is -2.16. The van der Waals surface area contributed by atoms with Crippen molar-refractivity contribution >= 4 is 0 Å². The first-order valence-corrected chi connectivity index (χ1v) is 1.67. The van der Waals surface area contributed by atoms with Gasteiger partial charge in [0.1, 0.15) is 0 Å². The summed E-state index contributed by atoms with van der Waals surface area (Å²) in [5, 5.41) is 0. The summed E-state index contributed by atoms with van der Waals surface area (Å²) in [7, 11) is 0. The van der Waals surface area contributed by atoms with E-state index in [-0.39, 0.29) is 0 Å².